The molecule has 180 valence electrons. The van der Waals surface area contributed by atoms with Crippen molar-refractivity contribution in [1.29, 1.82) is 0 Å². The third-order valence-electron chi connectivity index (χ3n) is 6.12. The van der Waals surface area contributed by atoms with Gasteiger partial charge in [0, 0.05) is 18.7 Å². The van der Waals surface area contributed by atoms with Gasteiger partial charge in [-0.3, -0.25) is 9.59 Å². The molecule has 1 N–H and O–H groups in total. The first kappa shape index (κ1) is 23.5. The van der Waals surface area contributed by atoms with E-state index in [1.807, 2.05) is 71.8 Å². The number of amides is 2. The lowest BCUT2D eigenvalue weighted by Crippen LogP contribution is -2.32. The predicted molar refractivity (Wildman–Crippen MR) is 139 cm³/mol. The number of para-hydroxylation sites is 1. The van der Waals surface area contributed by atoms with Crippen molar-refractivity contribution in [3.8, 4) is 0 Å². The smallest absolute Gasteiger partial charge is 0.254 e. The minimum absolute atomic E-state index is 0.0284. The second-order valence-corrected chi connectivity index (χ2v) is 10.4. The molecule has 5 rings (SSSR count). The Balaban J connectivity index is 1.28. The van der Waals surface area contributed by atoms with Crippen molar-refractivity contribution < 1.29 is 9.59 Å². The molecule has 1 saturated heterocycles. The van der Waals surface area contributed by atoms with Gasteiger partial charge in [0.2, 0.25) is 5.91 Å². The van der Waals surface area contributed by atoms with E-state index < -0.39 is 0 Å². The van der Waals surface area contributed by atoms with E-state index in [0.717, 1.165) is 40.0 Å². The van der Waals surface area contributed by atoms with E-state index in [2.05, 4.69) is 20.5 Å². The van der Waals surface area contributed by atoms with Gasteiger partial charge in [-0.1, -0.05) is 53.4 Å². The van der Waals surface area contributed by atoms with Gasteiger partial charge in [-0.15, -0.1) is 10.2 Å². The van der Waals surface area contributed by atoms with E-state index in [0.29, 0.717) is 23.4 Å². The number of aromatic nitrogens is 4. The minimum Gasteiger partial charge on any atom is -0.328 e. The molecule has 2 aromatic heterocycles. The first-order valence-corrected chi connectivity index (χ1v) is 13.4. The Morgan fingerprint density at radius 1 is 1.14 bits per heavy atom. The molecular weight excluding hydrogens is 480 g/mol. The Kier molecular flexibility index (Phi) is 6.83. The summed E-state index contributed by atoms with van der Waals surface area (Å²) in [6.45, 7) is 5.34. The van der Waals surface area contributed by atoms with Gasteiger partial charge in [0.05, 0.1) is 22.0 Å². The zero-order valence-corrected chi connectivity index (χ0v) is 21.2. The number of carbonyl (C=O) groups is 2. The molecule has 10 heteroatoms. The average molecular weight is 507 g/mol. The molecule has 8 nitrogen and oxygen atoms in total. The largest absolute Gasteiger partial charge is 0.328 e. The summed E-state index contributed by atoms with van der Waals surface area (Å²) >= 11 is 2.80. The van der Waals surface area contributed by atoms with E-state index >= 15 is 0 Å². The zero-order valence-electron chi connectivity index (χ0n) is 19.6. The number of nitrogens with one attached hydrogen (secondary N) is 1. The number of nitrogens with zero attached hydrogens (tertiary/aromatic N) is 5. The molecule has 1 unspecified atom stereocenters. The Hall–Kier alpha value is -3.24. The van der Waals surface area contributed by atoms with E-state index in [1.54, 1.807) is 0 Å². The number of rotatable bonds is 7. The highest BCUT2D eigenvalue weighted by molar-refractivity contribution is 7.99. The second-order valence-electron chi connectivity index (χ2n) is 8.38. The molecule has 2 amide bonds. The van der Waals surface area contributed by atoms with Crippen LogP contribution in [0.15, 0.2) is 53.7 Å². The van der Waals surface area contributed by atoms with Crippen LogP contribution in [0.25, 0.3) is 10.2 Å². The lowest BCUT2D eigenvalue weighted by Gasteiger charge is -2.25. The van der Waals surface area contributed by atoms with Gasteiger partial charge in [-0.2, -0.15) is 0 Å². The van der Waals surface area contributed by atoms with Crippen molar-refractivity contribution in [1.82, 2.24) is 24.6 Å². The van der Waals surface area contributed by atoms with Gasteiger partial charge in [0.25, 0.3) is 5.91 Å². The number of carbonyl (C=O) groups excluding carboxylic acids is 2. The summed E-state index contributed by atoms with van der Waals surface area (Å²) in [4.78, 5) is 32.3. The molecule has 4 aromatic rings. The van der Waals surface area contributed by atoms with Gasteiger partial charge < -0.3 is 14.8 Å². The quantitative estimate of drug-likeness (QED) is 0.358. The molecule has 0 spiro atoms. The van der Waals surface area contributed by atoms with E-state index in [1.165, 1.54) is 23.1 Å². The Morgan fingerprint density at radius 3 is 2.74 bits per heavy atom. The van der Waals surface area contributed by atoms with Gasteiger partial charge in [-0.05, 0) is 50.5 Å². The first-order chi connectivity index (χ1) is 17.0. The van der Waals surface area contributed by atoms with Crippen LogP contribution in [0.1, 0.15) is 47.6 Å². The molecule has 0 saturated carbocycles. The fourth-order valence-corrected chi connectivity index (χ4v) is 6.10. The summed E-state index contributed by atoms with van der Waals surface area (Å²) in [6.07, 6.45) is 1.77. The summed E-state index contributed by atoms with van der Waals surface area (Å²) in [6, 6.07) is 15.3. The second kappa shape index (κ2) is 10.2. The van der Waals surface area contributed by atoms with Gasteiger partial charge in [0.1, 0.15) is 0 Å². The maximum Gasteiger partial charge on any atom is 0.254 e. The first-order valence-electron chi connectivity index (χ1n) is 11.6. The number of benzene rings is 2. The van der Waals surface area contributed by atoms with Crippen molar-refractivity contribution in [3.63, 3.8) is 0 Å². The molecule has 0 aliphatic carbocycles. The van der Waals surface area contributed by atoms with Gasteiger partial charge >= 0.3 is 0 Å². The van der Waals surface area contributed by atoms with Crippen LogP contribution in [0.3, 0.4) is 0 Å². The van der Waals surface area contributed by atoms with E-state index in [-0.39, 0.29) is 23.6 Å². The lowest BCUT2D eigenvalue weighted by molar-refractivity contribution is -0.113. The summed E-state index contributed by atoms with van der Waals surface area (Å²) in [5.41, 5.74) is 2.57. The van der Waals surface area contributed by atoms with Crippen LogP contribution in [0.4, 0.5) is 5.13 Å². The lowest BCUT2D eigenvalue weighted by atomic mass is 10.1. The van der Waals surface area contributed by atoms with Crippen LogP contribution in [-0.4, -0.2) is 48.8 Å². The van der Waals surface area contributed by atoms with Crippen molar-refractivity contribution >= 4 is 50.3 Å². The van der Waals surface area contributed by atoms with E-state index in [9.17, 15) is 9.59 Å². The predicted octanol–water partition coefficient (Wildman–Crippen LogP) is 4.92. The Morgan fingerprint density at radius 2 is 1.94 bits per heavy atom. The van der Waals surface area contributed by atoms with Crippen LogP contribution in [0.5, 0.6) is 0 Å². The highest BCUT2D eigenvalue weighted by Crippen LogP contribution is 2.34. The topological polar surface area (TPSA) is 93.0 Å². The highest BCUT2D eigenvalue weighted by Gasteiger charge is 2.35. The van der Waals surface area contributed by atoms with Crippen molar-refractivity contribution in [2.24, 2.45) is 0 Å². The van der Waals surface area contributed by atoms with Crippen LogP contribution in [0.2, 0.25) is 0 Å². The number of likely N-dealkylation sites (tertiary alicyclic amines) is 1. The number of thioether (sulfide) groups is 1. The summed E-state index contributed by atoms with van der Waals surface area (Å²) < 4.78 is 3.05. The van der Waals surface area contributed by atoms with Crippen molar-refractivity contribution in [2.75, 3.05) is 17.6 Å². The highest BCUT2D eigenvalue weighted by atomic mass is 32.2. The van der Waals surface area contributed by atoms with E-state index in [4.69, 9.17) is 0 Å². The minimum atomic E-state index is -0.140. The molecule has 1 fully saturated rings. The SMILES string of the molecule is CCn1c(SCC(=O)Nc2nc3ccccc3s2)nnc1C1CCCN1C(=O)c1ccccc1C. The number of hydrogen-bond acceptors (Lipinski definition) is 7. The zero-order chi connectivity index (χ0) is 24.4. The average Bonchev–Trinajstić information content (AvgIpc) is 3.59. The molecule has 2 aromatic carbocycles. The molecule has 35 heavy (non-hydrogen) atoms. The van der Waals surface area contributed by atoms with Gasteiger partial charge in [0.15, 0.2) is 16.1 Å². The number of anilines is 1. The molecule has 3 heterocycles. The fraction of sp³-hybridized carbons (Fsp3) is 0.320. The van der Waals surface area contributed by atoms with Crippen molar-refractivity contribution in [2.45, 2.75) is 44.4 Å². The van der Waals surface area contributed by atoms with Crippen LogP contribution >= 0.6 is 23.1 Å². The van der Waals surface area contributed by atoms with Crippen molar-refractivity contribution in [3.05, 3.63) is 65.5 Å². The molecule has 0 radical (unpaired) electrons. The number of thiazole rings is 1. The standard InChI is InChI=1S/C25H26N6O2S2/c1-3-30-22(19-12-8-14-31(19)23(33)17-10-5-4-9-16(17)2)28-29-25(30)34-15-21(32)27-24-26-18-11-6-7-13-20(18)35-24/h4-7,9-11,13,19H,3,8,12,14-15H2,1-2H3,(H,26,27,32). The number of aryl methyl sites for hydroxylation is 1. The third kappa shape index (κ3) is 4.81. The van der Waals surface area contributed by atoms with Gasteiger partial charge in [-0.25, -0.2) is 4.98 Å². The molecule has 0 bridgehead atoms. The van der Waals surface area contributed by atoms with Crippen LogP contribution in [0, 0.1) is 6.92 Å². The monoisotopic (exact) mass is 506 g/mol. The third-order valence-corrected chi connectivity index (χ3v) is 8.04. The fourth-order valence-electron chi connectivity index (χ4n) is 4.41. The molecule has 1 aliphatic heterocycles. The number of fused-ring (bicyclic) bond motifs is 1. The van der Waals surface area contributed by atoms with Crippen LogP contribution < -0.4 is 5.32 Å². The summed E-state index contributed by atoms with van der Waals surface area (Å²) in [5.74, 6) is 0.866. The number of hydrogen-bond donors (Lipinski definition) is 1. The molecular formula is C25H26N6O2S2. The normalized spacial score (nSPS) is 15.6. The Labute approximate surface area is 211 Å². The Bertz CT molecular complexity index is 1350. The molecule has 1 atom stereocenters. The maximum absolute atomic E-state index is 13.3. The van der Waals surface area contributed by atoms with Crippen LogP contribution in [-0.2, 0) is 11.3 Å². The maximum atomic E-state index is 13.3. The summed E-state index contributed by atoms with van der Waals surface area (Å²) in [7, 11) is 0. The summed E-state index contributed by atoms with van der Waals surface area (Å²) in [5, 5.41) is 13.0. The molecule has 1 aliphatic rings.